The molecule has 3 N–H and O–H groups in total. The van der Waals surface area contributed by atoms with Gasteiger partial charge in [0.2, 0.25) is 5.95 Å². The second-order valence-electron chi connectivity index (χ2n) is 12.2. The summed E-state index contributed by atoms with van der Waals surface area (Å²) in [6, 6.07) is 4.28. The fourth-order valence-electron chi connectivity index (χ4n) is 4.99. The maximum Gasteiger partial charge on any atom is 0.407 e. The summed E-state index contributed by atoms with van der Waals surface area (Å²) in [5.41, 5.74) is -0.284. The van der Waals surface area contributed by atoms with Crippen molar-refractivity contribution in [2.24, 2.45) is 0 Å². The molecule has 246 valence electrons. The number of pyridine rings is 1. The monoisotopic (exact) mass is 656 g/mol. The molecule has 3 atom stereocenters. The second kappa shape index (κ2) is 13.8. The number of benzene rings is 1. The molecular formula is C30H37F5N6O3S. The average molecular weight is 657 g/mol. The number of hydrogen-bond acceptors (Lipinski definition) is 8. The molecule has 2 heterocycles. The molecule has 4 rings (SSSR count). The van der Waals surface area contributed by atoms with Gasteiger partial charge in [0.15, 0.2) is 0 Å². The number of ether oxygens (including phenoxy) is 1. The summed E-state index contributed by atoms with van der Waals surface area (Å²) in [5.74, 6) is -0.795. The standard InChI is InChI=1S/C30H37F5N6O3S/c1-16(2)41-25-18(12-20(26(41)42)17-6-8-24(21(31)13-17)40-45-11-10-30(33,34)35)15-36-27(39-25)37-19-7-9-23(22(32)14-19)38-28(43)44-29(3,4)5/h6,8,12-13,15-16,19,22-23,40H,7,9-11,14H2,1-5H3,(H,38,43)(H,36,37,39). The van der Waals surface area contributed by atoms with E-state index in [0.29, 0.717) is 23.9 Å². The van der Waals surface area contributed by atoms with Crippen LogP contribution in [0.5, 0.6) is 0 Å². The molecule has 1 aliphatic carbocycles. The van der Waals surface area contributed by atoms with Gasteiger partial charge in [0.05, 0.1) is 18.2 Å². The number of amides is 1. The first-order chi connectivity index (χ1) is 21.0. The number of nitrogens with zero attached hydrogens (tertiary/aromatic N) is 3. The molecule has 0 aliphatic heterocycles. The van der Waals surface area contributed by atoms with E-state index in [1.807, 2.05) is 0 Å². The Morgan fingerprint density at radius 3 is 2.53 bits per heavy atom. The van der Waals surface area contributed by atoms with Crippen molar-refractivity contribution in [3.63, 3.8) is 0 Å². The molecule has 15 heteroatoms. The number of alkyl carbamates (subject to hydrolysis) is 1. The van der Waals surface area contributed by atoms with Gasteiger partial charge in [-0.3, -0.25) is 9.36 Å². The van der Waals surface area contributed by atoms with Crippen LogP contribution in [0.1, 0.15) is 66.3 Å². The molecule has 1 amide bonds. The van der Waals surface area contributed by atoms with Gasteiger partial charge in [0, 0.05) is 41.4 Å². The molecule has 3 aromatic rings. The minimum atomic E-state index is -4.30. The molecule has 1 aromatic carbocycles. The average Bonchev–Trinajstić information content (AvgIpc) is 2.91. The highest BCUT2D eigenvalue weighted by molar-refractivity contribution is 8.00. The molecule has 1 aliphatic rings. The fourth-order valence-corrected chi connectivity index (χ4v) is 5.74. The van der Waals surface area contributed by atoms with E-state index < -0.39 is 47.9 Å². The lowest BCUT2D eigenvalue weighted by atomic mass is 9.89. The number of anilines is 2. The number of aromatic nitrogens is 3. The van der Waals surface area contributed by atoms with Crippen molar-refractivity contribution in [2.45, 2.75) is 96.4 Å². The summed E-state index contributed by atoms with van der Waals surface area (Å²) < 4.78 is 76.3. The number of nitrogens with one attached hydrogen (secondary N) is 3. The van der Waals surface area contributed by atoms with Crippen molar-refractivity contribution in [2.75, 3.05) is 15.8 Å². The summed E-state index contributed by atoms with van der Waals surface area (Å²) in [4.78, 5) is 34.7. The first-order valence-corrected chi connectivity index (χ1v) is 15.6. The topological polar surface area (TPSA) is 110 Å². The number of fused-ring (bicyclic) bond motifs is 1. The summed E-state index contributed by atoms with van der Waals surface area (Å²) in [6.07, 6.45) is -4.75. The lowest BCUT2D eigenvalue weighted by Crippen LogP contribution is -2.48. The molecule has 45 heavy (non-hydrogen) atoms. The Hall–Kier alpha value is -3.62. The van der Waals surface area contributed by atoms with E-state index in [1.54, 1.807) is 40.7 Å². The summed E-state index contributed by atoms with van der Waals surface area (Å²) >= 11 is 0.737. The first-order valence-electron chi connectivity index (χ1n) is 14.6. The van der Waals surface area contributed by atoms with Crippen LogP contribution in [0.15, 0.2) is 35.3 Å². The van der Waals surface area contributed by atoms with Gasteiger partial charge in [-0.1, -0.05) is 18.0 Å². The van der Waals surface area contributed by atoms with Crippen molar-refractivity contribution < 1.29 is 31.5 Å². The number of halogens is 5. The first kappa shape index (κ1) is 34.3. The van der Waals surface area contributed by atoms with Crippen molar-refractivity contribution in [1.82, 2.24) is 19.9 Å². The predicted octanol–water partition coefficient (Wildman–Crippen LogP) is 7.39. The third-order valence-electron chi connectivity index (χ3n) is 7.05. The maximum atomic E-state index is 15.0. The van der Waals surface area contributed by atoms with Gasteiger partial charge in [0.25, 0.3) is 5.56 Å². The Morgan fingerprint density at radius 2 is 1.91 bits per heavy atom. The van der Waals surface area contributed by atoms with Crippen molar-refractivity contribution in [3.8, 4) is 11.1 Å². The number of carbonyl (C=O) groups excluding carboxylic acids is 1. The molecule has 0 saturated heterocycles. The Balaban J connectivity index is 1.50. The smallest absolute Gasteiger partial charge is 0.407 e. The van der Waals surface area contributed by atoms with Crippen LogP contribution in [0.25, 0.3) is 22.2 Å². The fraction of sp³-hybridized carbons (Fsp3) is 0.533. The summed E-state index contributed by atoms with van der Waals surface area (Å²) in [7, 11) is 0. The van der Waals surface area contributed by atoms with Gasteiger partial charge >= 0.3 is 12.3 Å². The SMILES string of the molecule is CC(C)n1c(=O)c(-c2ccc(NSCCC(F)(F)F)c(F)c2)cc2cnc(NC3CCC(NC(=O)OC(C)(C)C)C(F)C3)nc21. The van der Waals surface area contributed by atoms with Gasteiger partial charge in [-0.2, -0.15) is 18.2 Å². The maximum absolute atomic E-state index is 15.0. The third kappa shape index (κ3) is 9.21. The highest BCUT2D eigenvalue weighted by atomic mass is 32.2. The van der Waals surface area contributed by atoms with Crippen LogP contribution >= 0.6 is 11.9 Å². The van der Waals surface area contributed by atoms with Crippen LogP contribution in [-0.2, 0) is 4.74 Å². The van der Waals surface area contributed by atoms with Crippen LogP contribution in [-0.4, -0.2) is 56.4 Å². The van der Waals surface area contributed by atoms with Crippen LogP contribution in [0.2, 0.25) is 0 Å². The lowest BCUT2D eigenvalue weighted by molar-refractivity contribution is -0.129. The van der Waals surface area contributed by atoms with Crippen LogP contribution < -0.4 is 20.9 Å². The zero-order valence-corrected chi connectivity index (χ0v) is 26.4. The molecular weight excluding hydrogens is 619 g/mol. The van der Waals surface area contributed by atoms with Gasteiger partial charge in [-0.05, 0) is 71.2 Å². The van der Waals surface area contributed by atoms with Crippen LogP contribution in [0, 0.1) is 5.82 Å². The Labute approximate surface area is 261 Å². The van der Waals surface area contributed by atoms with Gasteiger partial charge in [0.1, 0.15) is 23.2 Å². The van der Waals surface area contributed by atoms with E-state index in [0.717, 1.165) is 18.0 Å². The minimum absolute atomic E-state index is 0.000112. The number of rotatable bonds is 9. The van der Waals surface area contributed by atoms with Crippen LogP contribution in [0.4, 0.5) is 38.4 Å². The quantitative estimate of drug-likeness (QED) is 0.124. The molecule has 3 unspecified atom stereocenters. The van der Waals surface area contributed by atoms with E-state index >= 15 is 0 Å². The van der Waals surface area contributed by atoms with Gasteiger partial charge < -0.3 is 20.1 Å². The predicted molar refractivity (Wildman–Crippen MR) is 166 cm³/mol. The largest absolute Gasteiger partial charge is 0.444 e. The Kier molecular flexibility index (Phi) is 10.5. The Bertz CT molecular complexity index is 1580. The Morgan fingerprint density at radius 1 is 1.18 bits per heavy atom. The number of alkyl halides is 4. The third-order valence-corrected chi connectivity index (χ3v) is 7.82. The molecule has 0 spiro atoms. The van der Waals surface area contributed by atoms with Crippen molar-refractivity contribution >= 4 is 40.7 Å². The van der Waals surface area contributed by atoms with Crippen LogP contribution in [0.3, 0.4) is 0 Å². The van der Waals surface area contributed by atoms with E-state index in [9.17, 15) is 31.5 Å². The van der Waals surface area contributed by atoms with E-state index in [2.05, 4.69) is 25.3 Å². The van der Waals surface area contributed by atoms with E-state index in [1.165, 1.54) is 22.9 Å². The minimum Gasteiger partial charge on any atom is -0.444 e. The van der Waals surface area contributed by atoms with Crippen molar-refractivity contribution in [1.29, 1.82) is 0 Å². The summed E-state index contributed by atoms with van der Waals surface area (Å²) in [6.45, 7) is 8.80. The zero-order chi connectivity index (χ0) is 33.1. The lowest BCUT2D eigenvalue weighted by Gasteiger charge is -2.33. The second-order valence-corrected chi connectivity index (χ2v) is 13.1. The molecule has 0 radical (unpaired) electrons. The van der Waals surface area contributed by atoms with Crippen molar-refractivity contribution in [3.05, 3.63) is 46.6 Å². The van der Waals surface area contributed by atoms with E-state index in [4.69, 9.17) is 4.74 Å². The normalized spacial score (nSPS) is 19.0. The molecule has 9 nitrogen and oxygen atoms in total. The molecule has 1 saturated carbocycles. The number of carbonyl (C=O) groups is 1. The zero-order valence-electron chi connectivity index (χ0n) is 25.6. The van der Waals surface area contributed by atoms with Gasteiger partial charge in [-0.15, -0.1) is 0 Å². The highest BCUT2D eigenvalue weighted by Crippen LogP contribution is 2.29. The highest BCUT2D eigenvalue weighted by Gasteiger charge is 2.33. The van der Waals surface area contributed by atoms with E-state index in [-0.39, 0.29) is 47.0 Å². The van der Waals surface area contributed by atoms with Gasteiger partial charge in [-0.25, -0.2) is 18.6 Å². The molecule has 2 aromatic heterocycles. The molecule has 1 fully saturated rings. The molecule has 0 bridgehead atoms. The number of hydrogen-bond donors (Lipinski definition) is 3. The summed E-state index contributed by atoms with van der Waals surface area (Å²) in [5, 5.41) is 6.27.